The molecule has 0 radical (unpaired) electrons. The monoisotopic (exact) mass is 278 g/mol. The van der Waals surface area contributed by atoms with Gasteiger partial charge in [-0.2, -0.15) is 0 Å². The van der Waals surface area contributed by atoms with Crippen molar-refractivity contribution in [2.75, 3.05) is 6.61 Å². The van der Waals surface area contributed by atoms with Gasteiger partial charge in [0.25, 0.3) is 0 Å². The summed E-state index contributed by atoms with van der Waals surface area (Å²) in [5, 5.41) is 8.61. The van der Waals surface area contributed by atoms with Crippen molar-refractivity contribution >= 4 is 11.9 Å². The van der Waals surface area contributed by atoms with Crippen LogP contribution in [-0.2, 0) is 14.3 Å². The van der Waals surface area contributed by atoms with Crippen molar-refractivity contribution in [1.29, 1.82) is 0 Å². The fraction of sp³-hybridized carbons (Fsp3) is 0.500. The molecular formula is C16H22O4. The third-order valence-electron chi connectivity index (χ3n) is 3.26. The molecule has 1 aromatic carbocycles. The number of rotatable bonds is 8. The summed E-state index contributed by atoms with van der Waals surface area (Å²) in [6.07, 6.45) is 1.31. The second-order valence-corrected chi connectivity index (χ2v) is 5.04. The summed E-state index contributed by atoms with van der Waals surface area (Å²) in [7, 11) is 0. The van der Waals surface area contributed by atoms with E-state index in [1.54, 1.807) is 0 Å². The summed E-state index contributed by atoms with van der Waals surface area (Å²) in [6.45, 7) is 4.11. The average Bonchev–Trinajstić information content (AvgIpc) is 2.45. The van der Waals surface area contributed by atoms with E-state index in [2.05, 4.69) is 0 Å². The molecule has 0 aliphatic carbocycles. The van der Waals surface area contributed by atoms with Gasteiger partial charge in [0.2, 0.25) is 0 Å². The molecule has 1 rings (SSSR count). The van der Waals surface area contributed by atoms with Crippen LogP contribution in [0.5, 0.6) is 0 Å². The van der Waals surface area contributed by atoms with E-state index in [0.717, 1.165) is 5.56 Å². The number of esters is 1. The number of hydrogen-bond donors (Lipinski definition) is 1. The molecule has 0 saturated heterocycles. The van der Waals surface area contributed by atoms with Gasteiger partial charge in [0, 0.05) is 6.42 Å². The summed E-state index contributed by atoms with van der Waals surface area (Å²) in [5.41, 5.74) is 0.957. The molecule has 0 aromatic heterocycles. The molecule has 0 aliphatic heterocycles. The summed E-state index contributed by atoms with van der Waals surface area (Å²) in [5.74, 6) is -1.24. The molecule has 0 spiro atoms. The molecule has 1 aromatic rings. The van der Waals surface area contributed by atoms with Gasteiger partial charge in [-0.1, -0.05) is 44.2 Å². The predicted molar refractivity (Wildman–Crippen MR) is 76.5 cm³/mol. The Kier molecular flexibility index (Phi) is 6.77. The van der Waals surface area contributed by atoms with Crippen LogP contribution >= 0.6 is 0 Å². The van der Waals surface area contributed by atoms with Gasteiger partial charge in [0.05, 0.1) is 12.5 Å². The smallest absolute Gasteiger partial charge is 0.313 e. The third kappa shape index (κ3) is 5.43. The van der Waals surface area contributed by atoms with Crippen molar-refractivity contribution in [3.8, 4) is 0 Å². The zero-order valence-corrected chi connectivity index (χ0v) is 12.0. The largest absolute Gasteiger partial charge is 0.481 e. The van der Waals surface area contributed by atoms with E-state index < -0.39 is 5.97 Å². The molecule has 0 amide bonds. The second kappa shape index (κ2) is 8.35. The molecule has 20 heavy (non-hydrogen) atoms. The Labute approximate surface area is 119 Å². The minimum atomic E-state index is -0.820. The molecule has 0 fully saturated rings. The van der Waals surface area contributed by atoms with Crippen LogP contribution in [0.3, 0.4) is 0 Å². The molecular weight excluding hydrogens is 256 g/mol. The zero-order chi connectivity index (χ0) is 15.0. The number of carbonyl (C=O) groups is 2. The lowest BCUT2D eigenvalue weighted by Crippen LogP contribution is -2.19. The van der Waals surface area contributed by atoms with Gasteiger partial charge >= 0.3 is 11.9 Å². The fourth-order valence-corrected chi connectivity index (χ4v) is 2.00. The van der Waals surface area contributed by atoms with Crippen LogP contribution in [0.25, 0.3) is 0 Å². The summed E-state index contributed by atoms with van der Waals surface area (Å²) >= 11 is 0. The van der Waals surface area contributed by atoms with Gasteiger partial charge in [-0.25, -0.2) is 0 Å². The Balaban J connectivity index is 2.46. The molecule has 0 heterocycles. The van der Waals surface area contributed by atoms with Crippen molar-refractivity contribution in [3.63, 3.8) is 0 Å². The van der Waals surface area contributed by atoms with Crippen LogP contribution in [0.2, 0.25) is 0 Å². The summed E-state index contributed by atoms with van der Waals surface area (Å²) in [6, 6.07) is 9.56. The number of carboxylic acids is 1. The lowest BCUT2D eigenvalue weighted by atomic mass is 9.97. The molecule has 0 saturated carbocycles. The first-order chi connectivity index (χ1) is 9.54. The van der Waals surface area contributed by atoms with Crippen molar-refractivity contribution < 1.29 is 19.4 Å². The van der Waals surface area contributed by atoms with Gasteiger partial charge in [0.1, 0.15) is 0 Å². The Morgan fingerprint density at radius 1 is 1.25 bits per heavy atom. The number of carboxylic acid groups (broad SMARTS) is 1. The highest BCUT2D eigenvalue weighted by molar-refractivity contribution is 5.78. The van der Waals surface area contributed by atoms with Crippen molar-refractivity contribution in [3.05, 3.63) is 35.9 Å². The number of carbonyl (C=O) groups excluding carboxylic acids is 1. The van der Waals surface area contributed by atoms with Gasteiger partial charge in [-0.05, 0) is 24.3 Å². The third-order valence-corrected chi connectivity index (χ3v) is 3.26. The first-order valence-corrected chi connectivity index (χ1v) is 6.98. The molecule has 2 unspecified atom stereocenters. The molecule has 1 N–H and O–H groups in total. The van der Waals surface area contributed by atoms with Crippen molar-refractivity contribution in [1.82, 2.24) is 0 Å². The highest BCUT2D eigenvalue weighted by Gasteiger charge is 2.20. The molecule has 0 bridgehead atoms. The molecule has 2 atom stereocenters. The standard InChI is InChI=1S/C16H22O4/c1-3-14(13-7-5-4-6-8-13)16(19)20-11-12(2)9-10-15(17)18/h4-8,12,14H,3,9-11H2,1-2H3,(H,17,18). The zero-order valence-electron chi connectivity index (χ0n) is 12.0. The topological polar surface area (TPSA) is 63.6 Å². The number of aliphatic carboxylic acids is 1. The van der Waals surface area contributed by atoms with Gasteiger partial charge in [-0.15, -0.1) is 0 Å². The Bertz CT molecular complexity index is 427. The van der Waals surface area contributed by atoms with Crippen LogP contribution in [-0.4, -0.2) is 23.7 Å². The van der Waals surface area contributed by atoms with E-state index in [0.29, 0.717) is 12.8 Å². The van der Waals surface area contributed by atoms with E-state index in [9.17, 15) is 9.59 Å². The summed E-state index contributed by atoms with van der Waals surface area (Å²) < 4.78 is 5.31. The van der Waals surface area contributed by atoms with E-state index >= 15 is 0 Å². The second-order valence-electron chi connectivity index (χ2n) is 5.04. The van der Waals surface area contributed by atoms with Crippen LogP contribution < -0.4 is 0 Å². The minimum Gasteiger partial charge on any atom is -0.481 e. The number of benzene rings is 1. The van der Waals surface area contributed by atoms with Crippen molar-refractivity contribution in [2.24, 2.45) is 5.92 Å². The van der Waals surface area contributed by atoms with Gasteiger partial charge < -0.3 is 9.84 Å². The Hall–Kier alpha value is -1.84. The Morgan fingerprint density at radius 2 is 1.90 bits per heavy atom. The maximum absolute atomic E-state index is 12.1. The van der Waals surface area contributed by atoms with Crippen LogP contribution in [0.1, 0.15) is 44.6 Å². The lowest BCUT2D eigenvalue weighted by Gasteiger charge is -2.16. The quantitative estimate of drug-likeness (QED) is 0.741. The first-order valence-electron chi connectivity index (χ1n) is 6.98. The highest BCUT2D eigenvalue weighted by atomic mass is 16.5. The van der Waals surface area contributed by atoms with Crippen LogP contribution in [0.15, 0.2) is 30.3 Å². The first kappa shape index (κ1) is 16.2. The SMILES string of the molecule is CCC(C(=O)OCC(C)CCC(=O)O)c1ccccc1. The maximum Gasteiger partial charge on any atom is 0.313 e. The normalized spacial score (nSPS) is 13.5. The van der Waals surface area contributed by atoms with Crippen molar-refractivity contribution in [2.45, 2.75) is 39.0 Å². The molecule has 4 heteroatoms. The number of ether oxygens (including phenoxy) is 1. The number of hydrogen-bond acceptors (Lipinski definition) is 3. The summed E-state index contributed by atoms with van der Waals surface area (Å²) in [4.78, 5) is 22.6. The average molecular weight is 278 g/mol. The van der Waals surface area contributed by atoms with E-state index in [1.807, 2.05) is 44.2 Å². The minimum absolute atomic E-state index is 0.0586. The fourth-order valence-electron chi connectivity index (χ4n) is 2.00. The molecule has 110 valence electrons. The lowest BCUT2D eigenvalue weighted by molar-refractivity contribution is -0.146. The van der Waals surface area contributed by atoms with E-state index in [-0.39, 0.29) is 30.8 Å². The molecule has 0 aliphatic rings. The predicted octanol–water partition coefficient (Wildman–Crippen LogP) is 3.22. The highest BCUT2D eigenvalue weighted by Crippen LogP contribution is 2.21. The van der Waals surface area contributed by atoms with Gasteiger partial charge in [0.15, 0.2) is 0 Å². The molecule has 4 nitrogen and oxygen atoms in total. The van der Waals surface area contributed by atoms with Crippen LogP contribution in [0, 0.1) is 5.92 Å². The van der Waals surface area contributed by atoms with Crippen LogP contribution in [0.4, 0.5) is 0 Å². The Morgan fingerprint density at radius 3 is 2.45 bits per heavy atom. The van der Waals surface area contributed by atoms with E-state index in [1.165, 1.54) is 0 Å². The van der Waals surface area contributed by atoms with Gasteiger partial charge in [-0.3, -0.25) is 9.59 Å². The maximum atomic E-state index is 12.1. The van der Waals surface area contributed by atoms with E-state index in [4.69, 9.17) is 9.84 Å².